The molecular weight excluding hydrogens is 399 g/mol. The highest BCUT2D eigenvalue weighted by Crippen LogP contribution is 2.34. The molecule has 0 heterocycles. The van der Waals surface area contributed by atoms with Crippen LogP contribution < -0.4 is 9.47 Å². The summed E-state index contributed by atoms with van der Waals surface area (Å²) in [5, 5.41) is 0. The fourth-order valence-corrected chi connectivity index (χ4v) is 3.87. The Bertz CT molecular complexity index is 597. The lowest BCUT2D eigenvalue weighted by atomic mass is 9.87. The van der Waals surface area contributed by atoms with Crippen LogP contribution in [-0.2, 0) is 0 Å². The second-order valence-corrected chi connectivity index (χ2v) is 6.49. The van der Waals surface area contributed by atoms with Crippen LogP contribution in [0.25, 0.3) is 0 Å². The molecule has 2 rings (SSSR count). The molecule has 0 spiro atoms. The van der Waals surface area contributed by atoms with Crippen LogP contribution in [0.1, 0.15) is 42.0 Å². The zero-order valence-electron chi connectivity index (χ0n) is 14.4. The van der Waals surface area contributed by atoms with E-state index in [0.29, 0.717) is 19.1 Å². The molecule has 0 saturated heterocycles. The van der Waals surface area contributed by atoms with Crippen LogP contribution in [0.3, 0.4) is 0 Å². The smallest absolute Gasteiger partial charge is 0.119 e. The largest absolute Gasteiger partial charge is 0.494 e. The molecule has 0 fully saturated rings. The van der Waals surface area contributed by atoms with Gasteiger partial charge in [0.1, 0.15) is 11.5 Å². The van der Waals surface area contributed by atoms with E-state index in [9.17, 15) is 0 Å². The summed E-state index contributed by atoms with van der Waals surface area (Å²) in [6.07, 6.45) is 0. The molecule has 0 bridgehead atoms. The Morgan fingerprint density at radius 1 is 0.826 bits per heavy atom. The summed E-state index contributed by atoms with van der Waals surface area (Å²) in [5.74, 6) is 2.29. The Morgan fingerprint density at radius 3 is 1.57 bits per heavy atom. The van der Waals surface area contributed by atoms with Crippen LogP contribution in [0, 0.1) is 13.8 Å². The number of halogens is 1. The van der Waals surface area contributed by atoms with Crippen molar-refractivity contribution in [1.29, 1.82) is 0 Å². The van der Waals surface area contributed by atoms with Crippen LogP contribution in [0.15, 0.2) is 36.4 Å². The third-order valence-corrected chi connectivity index (χ3v) is 4.89. The van der Waals surface area contributed by atoms with E-state index in [2.05, 4.69) is 72.8 Å². The fraction of sp³-hybridized carbons (Fsp3) is 0.400. The average molecular weight is 424 g/mol. The van der Waals surface area contributed by atoms with Crippen molar-refractivity contribution in [3.63, 3.8) is 0 Å². The maximum absolute atomic E-state index is 5.61. The molecule has 0 saturated carbocycles. The standard InChI is InChI=1S/C20H25IO2/c1-5-22-16-7-9-18(14(3)11-16)20(13-21)19-10-8-17(23-6-2)12-15(19)4/h7-12,20H,5-6,13H2,1-4H3. The van der Waals surface area contributed by atoms with Crippen molar-refractivity contribution in [3.05, 3.63) is 58.7 Å². The number of ether oxygens (including phenoxy) is 2. The number of hydrogen-bond donors (Lipinski definition) is 0. The highest BCUT2D eigenvalue weighted by Gasteiger charge is 2.18. The molecule has 0 radical (unpaired) electrons. The maximum Gasteiger partial charge on any atom is 0.119 e. The van der Waals surface area contributed by atoms with Gasteiger partial charge in [-0.05, 0) is 74.2 Å². The molecule has 2 aromatic carbocycles. The number of hydrogen-bond acceptors (Lipinski definition) is 2. The molecule has 0 aromatic heterocycles. The number of rotatable bonds is 7. The highest BCUT2D eigenvalue weighted by atomic mass is 127. The van der Waals surface area contributed by atoms with Gasteiger partial charge in [-0.25, -0.2) is 0 Å². The lowest BCUT2D eigenvalue weighted by Crippen LogP contribution is -2.07. The zero-order chi connectivity index (χ0) is 16.8. The summed E-state index contributed by atoms with van der Waals surface area (Å²) >= 11 is 2.48. The van der Waals surface area contributed by atoms with Crippen LogP contribution in [0.4, 0.5) is 0 Å². The van der Waals surface area contributed by atoms with Gasteiger partial charge in [-0.3, -0.25) is 0 Å². The van der Waals surface area contributed by atoms with Gasteiger partial charge in [0.05, 0.1) is 13.2 Å². The van der Waals surface area contributed by atoms with Gasteiger partial charge in [-0.2, -0.15) is 0 Å². The monoisotopic (exact) mass is 424 g/mol. The highest BCUT2D eigenvalue weighted by molar-refractivity contribution is 14.1. The summed E-state index contributed by atoms with van der Waals surface area (Å²) in [6, 6.07) is 12.9. The van der Waals surface area contributed by atoms with E-state index < -0.39 is 0 Å². The van der Waals surface area contributed by atoms with Crippen molar-refractivity contribution in [1.82, 2.24) is 0 Å². The van der Waals surface area contributed by atoms with Crippen molar-refractivity contribution >= 4 is 22.6 Å². The van der Waals surface area contributed by atoms with E-state index in [4.69, 9.17) is 9.47 Å². The van der Waals surface area contributed by atoms with Crippen molar-refractivity contribution in [2.45, 2.75) is 33.6 Å². The van der Waals surface area contributed by atoms with Gasteiger partial charge < -0.3 is 9.47 Å². The number of alkyl halides is 1. The second kappa shape index (κ2) is 8.57. The van der Waals surface area contributed by atoms with Gasteiger partial charge in [0, 0.05) is 10.3 Å². The SMILES string of the molecule is CCOc1ccc(C(CI)c2ccc(OCC)cc2C)c(C)c1. The molecule has 0 N–H and O–H groups in total. The summed E-state index contributed by atoms with van der Waals surface area (Å²) in [5.41, 5.74) is 5.31. The molecule has 0 unspecified atom stereocenters. The van der Waals surface area contributed by atoms with Gasteiger partial charge in [0.15, 0.2) is 0 Å². The van der Waals surface area contributed by atoms with Crippen LogP contribution in [0.2, 0.25) is 0 Å². The summed E-state index contributed by atoms with van der Waals surface area (Å²) in [6.45, 7) is 9.77. The van der Waals surface area contributed by atoms with Gasteiger partial charge in [0.25, 0.3) is 0 Å². The average Bonchev–Trinajstić information content (AvgIpc) is 2.52. The van der Waals surface area contributed by atoms with E-state index in [0.717, 1.165) is 15.9 Å². The first-order valence-corrected chi connectivity index (χ1v) is 9.65. The molecule has 3 heteroatoms. The molecule has 124 valence electrons. The molecule has 0 atom stereocenters. The van der Waals surface area contributed by atoms with Crippen molar-refractivity contribution in [3.8, 4) is 11.5 Å². The second-order valence-electron chi connectivity index (χ2n) is 5.61. The van der Waals surface area contributed by atoms with E-state index in [1.165, 1.54) is 22.3 Å². The zero-order valence-corrected chi connectivity index (χ0v) is 16.5. The molecule has 0 aliphatic carbocycles. The third kappa shape index (κ3) is 4.40. The van der Waals surface area contributed by atoms with Crippen molar-refractivity contribution in [2.75, 3.05) is 17.6 Å². The first-order valence-electron chi connectivity index (χ1n) is 8.13. The first-order chi connectivity index (χ1) is 11.1. The topological polar surface area (TPSA) is 18.5 Å². The van der Waals surface area contributed by atoms with Crippen LogP contribution in [0.5, 0.6) is 11.5 Å². The lowest BCUT2D eigenvalue weighted by Gasteiger charge is -2.21. The van der Waals surface area contributed by atoms with Crippen LogP contribution in [-0.4, -0.2) is 17.6 Å². The first kappa shape index (κ1) is 18.1. The predicted molar refractivity (Wildman–Crippen MR) is 105 cm³/mol. The predicted octanol–water partition coefficient (Wildman–Crippen LogP) is 5.67. The Labute approximate surface area is 153 Å². The normalized spacial score (nSPS) is 10.9. The lowest BCUT2D eigenvalue weighted by molar-refractivity contribution is 0.340. The van der Waals surface area contributed by atoms with Gasteiger partial charge in [0.2, 0.25) is 0 Å². The minimum absolute atomic E-state index is 0.391. The maximum atomic E-state index is 5.61. The molecular formula is C20H25IO2. The Hall–Kier alpha value is -1.23. The summed E-state index contributed by atoms with van der Waals surface area (Å²) in [4.78, 5) is 0. The molecule has 0 amide bonds. The molecule has 0 aliphatic rings. The molecule has 2 aromatic rings. The molecule has 2 nitrogen and oxygen atoms in total. The van der Waals surface area contributed by atoms with Crippen LogP contribution >= 0.6 is 22.6 Å². The fourth-order valence-electron chi connectivity index (χ4n) is 2.92. The van der Waals surface area contributed by atoms with E-state index >= 15 is 0 Å². The van der Waals surface area contributed by atoms with Crippen molar-refractivity contribution < 1.29 is 9.47 Å². The van der Waals surface area contributed by atoms with Gasteiger partial charge in [-0.1, -0.05) is 34.7 Å². The quantitative estimate of drug-likeness (QED) is 0.421. The van der Waals surface area contributed by atoms with Gasteiger partial charge in [-0.15, -0.1) is 0 Å². The molecule has 0 aliphatic heterocycles. The minimum atomic E-state index is 0.391. The Morgan fingerprint density at radius 2 is 1.26 bits per heavy atom. The third-order valence-electron chi connectivity index (χ3n) is 4.01. The number of benzene rings is 2. The Kier molecular flexibility index (Phi) is 6.75. The molecule has 23 heavy (non-hydrogen) atoms. The summed E-state index contributed by atoms with van der Waals surface area (Å²) in [7, 11) is 0. The Balaban J connectivity index is 2.36. The minimum Gasteiger partial charge on any atom is -0.494 e. The van der Waals surface area contributed by atoms with E-state index in [1.54, 1.807) is 0 Å². The van der Waals surface area contributed by atoms with Gasteiger partial charge >= 0.3 is 0 Å². The summed E-state index contributed by atoms with van der Waals surface area (Å²) < 4.78 is 12.3. The number of aryl methyl sites for hydroxylation is 2. The van der Waals surface area contributed by atoms with Crippen molar-refractivity contribution in [2.24, 2.45) is 0 Å². The van der Waals surface area contributed by atoms with E-state index in [-0.39, 0.29) is 0 Å². The van der Waals surface area contributed by atoms with E-state index in [1.807, 2.05) is 13.8 Å².